The fourth-order valence-corrected chi connectivity index (χ4v) is 3.22. The molecule has 26 heavy (non-hydrogen) atoms. The molecule has 1 saturated carbocycles. The highest BCUT2D eigenvalue weighted by molar-refractivity contribution is 7.80. The van der Waals surface area contributed by atoms with Crippen molar-refractivity contribution in [2.24, 2.45) is 16.6 Å². The number of hydrogen-bond acceptors (Lipinski definition) is 4. The van der Waals surface area contributed by atoms with Gasteiger partial charge in [-0.3, -0.25) is 10.1 Å². The van der Waals surface area contributed by atoms with Crippen LogP contribution in [0.1, 0.15) is 37.1 Å². The van der Waals surface area contributed by atoms with E-state index in [0.29, 0.717) is 49.0 Å². The van der Waals surface area contributed by atoms with E-state index in [1.54, 1.807) is 0 Å². The summed E-state index contributed by atoms with van der Waals surface area (Å²) in [6.45, 7) is 5.20. The molecule has 1 amide bonds. The minimum absolute atomic E-state index is 0.0819. The summed E-state index contributed by atoms with van der Waals surface area (Å²) < 4.78 is 0. The maximum atomic E-state index is 11.4. The number of guanidine groups is 1. The Morgan fingerprint density at radius 1 is 1.23 bits per heavy atom. The van der Waals surface area contributed by atoms with Crippen LogP contribution in [-0.2, 0) is 4.79 Å². The van der Waals surface area contributed by atoms with Crippen molar-refractivity contribution in [3.63, 3.8) is 0 Å². The number of aliphatic imine (C=N–C) groups is 1. The lowest BCUT2D eigenvalue weighted by Crippen LogP contribution is -2.45. The molecule has 1 saturated heterocycles. The lowest BCUT2D eigenvalue weighted by atomic mass is 9.96. The molecule has 0 unspecified atom stereocenters. The average Bonchev–Trinajstić information content (AvgIpc) is 3.37. The van der Waals surface area contributed by atoms with Crippen molar-refractivity contribution in [2.75, 3.05) is 18.4 Å². The first kappa shape index (κ1) is 18.5. The second kappa shape index (κ2) is 7.94. The zero-order chi connectivity index (χ0) is 18.7. The third-order valence-corrected chi connectivity index (χ3v) is 4.72. The van der Waals surface area contributed by atoms with Crippen LogP contribution in [0.25, 0.3) is 0 Å². The monoisotopic (exact) mass is 375 g/mol. The molecule has 3 rings (SSSR count). The van der Waals surface area contributed by atoms with Gasteiger partial charge in [-0.1, -0.05) is 0 Å². The Morgan fingerprint density at radius 2 is 1.85 bits per heavy atom. The highest BCUT2D eigenvalue weighted by atomic mass is 32.1. The molecule has 2 fully saturated rings. The largest absolute Gasteiger partial charge is 0.369 e. The number of nitrogens with two attached hydrogens (primary N) is 1. The minimum Gasteiger partial charge on any atom is -0.369 e. The van der Waals surface area contributed by atoms with Crippen LogP contribution in [0.15, 0.2) is 11.1 Å². The van der Waals surface area contributed by atoms with Gasteiger partial charge in [-0.25, -0.2) is 9.97 Å². The molecule has 0 spiro atoms. The molecule has 0 aromatic carbocycles. The van der Waals surface area contributed by atoms with E-state index in [0.717, 1.165) is 24.2 Å². The number of carbonyl (C=O) groups excluding carboxylic acids is 1. The number of amides is 1. The Bertz CT molecular complexity index is 704. The SMILES string of the molecule is Cc1cc(C)nc(N/C(=N/C(=S)NC2CC2)N2CCC(C(N)=O)CC2)n1. The lowest BCUT2D eigenvalue weighted by molar-refractivity contribution is -0.122. The first-order chi connectivity index (χ1) is 12.4. The molecule has 0 radical (unpaired) electrons. The molecule has 0 bridgehead atoms. The van der Waals surface area contributed by atoms with Gasteiger partial charge in [0.15, 0.2) is 5.11 Å². The Balaban J connectivity index is 1.76. The molecule has 0 atom stereocenters. The van der Waals surface area contributed by atoms with Crippen molar-refractivity contribution in [3.05, 3.63) is 17.5 Å². The zero-order valence-corrected chi connectivity index (χ0v) is 16.0. The second-order valence-corrected chi connectivity index (χ2v) is 7.31. The molecule has 1 aromatic rings. The van der Waals surface area contributed by atoms with E-state index in [9.17, 15) is 4.79 Å². The van der Waals surface area contributed by atoms with Crippen LogP contribution in [0.2, 0.25) is 0 Å². The van der Waals surface area contributed by atoms with Gasteiger partial charge in [0.1, 0.15) is 0 Å². The van der Waals surface area contributed by atoms with Crippen molar-refractivity contribution >= 4 is 35.1 Å². The number of primary amides is 1. The molecular formula is C17H25N7OS. The van der Waals surface area contributed by atoms with Crippen molar-refractivity contribution in [1.82, 2.24) is 20.2 Å². The molecule has 1 aliphatic carbocycles. The van der Waals surface area contributed by atoms with Crippen molar-refractivity contribution in [3.8, 4) is 0 Å². The van der Waals surface area contributed by atoms with Gasteiger partial charge >= 0.3 is 0 Å². The fraction of sp³-hybridized carbons (Fsp3) is 0.588. The molecule has 4 N–H and O–H groups in total. The highest BCUT2D eigenvalue weighted by Crippen LogP contribution is 2.20. The third-order valence-electron chi connectivity index (χ3n) is 4.52. The van der Waals surface area contributed by atoms with Crippen molar-refractivity contribution in [1.29, 1.82) is 0 Å². The van der Waals surface area contributed by atoms with Gasteiger partial charge in [0.25, 0.3) is 0 Å². The summed E-state index contributed by atoms with van der Waals surface area (Å²) >= 11 is 5.37. The molecule has 2 heterocycles. The van der Waals surface area contributed by atoms with Gasteiger partial charge < -0.3 is 16.0 Å². The van der Waals surface area contributed by atoms with Crippen LogP contribution in [-0.4, -0.2) is 51.0 Å². The second-order valence-electron chi connectivity index (χ2n) is 6.92. The van der Waals surface area contributed by atoms with Crippen LogP contribution in [0.3, 0.4) is 0 Å². The maximum absolute atomic E-state index is 11.4. The summed E-state index contributed by atoms with van der Waals surface area (Å²) in [6.07, 6.45) is 3.66. The van der Waals surface area contributed by atoms with E-state index in [4.69, 9.17) is 18.0 Å². The molecule has 8 nitrogen and oxygen atoms in total. The van der Waals surface area contributed by atoms with Gasteiger partial charge in [-0.05, 0) is 57.8 Å². The van der Waals surface area contributed by atoms with Gasteiger partial charge in [0.05, 0.1) is 0 Å². The summed E-state index contributed by atoms with van der Waals surface area (Å²) in [5.74, 6) is 0.782. The van der Waals surface area contributed by atoms with Gasteiger partial charge in [0, 0.05) is 36.4 Å². The predicted molar refractivity (Wildman–Crippen MR) is 105 cm³/mol. The number of piperidine rings is 1. The quantitative estimate of drug-likeness (QED) is 0.412. The number of nitrogens with one attached hydrogen (secondary N) is 2. The highest BCUT2D eigenvalue weighted by Gasteiger charge is 2.26. The standard InChI is InChI=1S/C17H25N7OS/c1-10-9-11(2)20-15(19-10)22-16(23-17(26)21-13-3-4-13)24-7-5-12(6-8-24)14(18)25/h9,12-13H,3-8H2,1-2H3,(H2,18,25)(H2,19,20,21,22,23,26). The van der Waals surface area contributed by atoms with E-state index in [2.05, 4.69) is 30.5 Å². The molecule has 2 aliphatic rings. The van der Waals surface area contributed by atoms with Crippen molar-refractivity contribution < 1.29 is 4.79 Å². The number of anilines is 1. The van der Waals surface area contributed by atoms with Gasteiger partial charge in [0.2, 0.25) is 17.8 Å². The van der Waals surface area contributed by atoms with Crippen LogP contribution in [0.5, 0.6) is 0 Å². The maximum Gasteiger partial charge on any atom is 0.229 e. The van der Waals surface area contributed by atoms with E-state index in [-0.39, 0.29) is 11.8 Å². The molecule has 1 aliphatic heterocycles. The van der Waals surface area contributed by atoms with E-state index >= 15 is 0 Å². The molecular weight excluding hydrogens is 350 g/mol. The summed E-state index contributed by atoms with van der Waals surface area (Å²) in [6, 6.07) is 2.35. The third kappa shape index (κ3) is 5.10. The first-order valence-corrected chi connectivity index (χ1v) is 9.34. The number of aromatic nitrogens is 2. The lowest BCUT2D eigenvalue weighted by Gasteiger charge is -2.32. The summed E-state index contributed by atoms with van der Waals surface area (Å²) in [5, 5.41) is 6.89. The van der Waals surface area contributed by atoms with E-state index in [1.807, 2.05) is 19.9 Å². The first-order valence-electron chi connectivity index (χ1n) is 8.93. The van der Waals surface area contributed by atoms with Gasteiger partial charge in [-0.15, -0.1) is 0 Å². The number of nitrogens with zero attached hydrogens (tertiary/aromatic N) is 4. The summed E-state index contributed by atoms with van der Waals surface area (Å²) in [5.41, 5.74) is 7.19. The van der Waals surface area contributed by atoms with Crippen LogP contribution in [0.4, 0.5) is 5.95 Å². The number of likely N-dealkylation sites (tertiary alicyclic amines) is 1. The van der Waals surface area contributed by atoms with Crippen molar-refractivity contribution in [2.45, 2.75) is 45.6 Å². The Kier molecular flexibility index (Phi) is 5.65. The Morgan fingerprint density at radius 3 is 2.38 bits per heavy atom. The van der Waals surface area contributed by atoms with E-state index in [1.165, 1.54) is 0 Å². The topological polar surface area (TPSA) is 109 Å². The van der Waals surface area contributed by atoms with E-state index < -0.39 is 0 Å². The van der Waals surface area contributed by atoms with Crippen LogP contribution < -0.4 is 16.4 Å². The van der Waals surface area contributed by atoms with Crippen LogP contribution >= 0.6 is 12.2 Å². The average molecular weight is 376 g/mol. The molecule has 140 valence electrons. The number of thiocarbonyl (C=S) groups is 1. The Labute approximate surface area is 158 Å². The minimum atomic E-state index is -0.236. The summed E-state index contributed by atoms with van der Waals surface area (Å²) in [7, 11) is 0. The number of aryl methyl sites for hydroxylation is 2. The normalized spacial score (nSPS) is 18.5. The smallest absolute Gasteiger partial charge is 0.229 e. The van der Waals surface area contributed by atoms with Gasteiger partial charge in [-0.2, -0.15) is 4.99 Å². The molecule has 9 heteroatoms. The zero-order valence-electron chi connectivity index (χ0n) is 15.2. The number of rotatable bonds is 3. The fourth-order valence-electron chi connectivity index (χ4n) is 2.97. The number of hydrogen-bond donors (Lipinski definition) is 3. The number of carbonyl (C=O) groups is 1. The summed E-state index contributed by atoms with van der Waals surface area (Å²) in [4.78, 5) is 26.9. The Hall–Kier alpha value is -2.29. The van der Waals surface area contributed by atoms with Crippen LogP contribution in [0, 0.1) is 19.8 Å². The predicted octanol–water partition coefficient (Wildman–Crippen LogP) is 1.10. The molecule has 1 aromatic heterocycles.